The van der Waals surface area contributed by atoms with Crippen LogP contribution in [0.2, 0.25) is 5.02 Å². The highest BCUT2D eigenvalue weighted by molar-refractivity contribution is 6.30. The van der Waals surface area contributed by atoms with Crippen LogP contribution in [-0.4, -0.2) is 27.4 Å². The predicted molar refractivity (Wildman–Crippen MR) is 74.0 cm³/mol. The summed E-state index contributed by atoms with van der Waals surface area (Å²) in [6.45, 7) is 4.51. The van der Waals surface area contributed by atoms with Gasteiger partial charge in [-0.05, 0) is 38.1 Å². The van der Waals surface area contributed by atoms with Crippen LogP contribution in [-0.2, 0) is 0 Å². The van der Waals surface area contributed by atoms with E-state index in [4.69, 9.17) is 16.6 Å². The molecule has 3 rings (SSSR count). The second-order valence-corrected chi connectivity index (χ2v) is 5.36. The first-order valence-electron chi connectivity index (χ1n) is 6.66. The number of aromatic nitrogens is 2. The molecule has 1 saturated heterocycles. The fraction of sp³-hybridized carbons (Fsp3) is 0.500. The molecule has 1 fully saturated rings. The van der Waals surface area contributed by atoms with Crippen LogP contribution in [0.25, 0.3) is 5.65 Å². The van der Waals surface area contributed by atoms with Gasteiger partial charge >= 0.3 is 0 Å². The van der Waals surface area contributed by atoms with Crippen molar-refractivity contribution >= 4 is 17.2 Å². The molecule has 1 atom stereocenters. The molecule has 3 heterocycles. The summed E-state index contributed by atoms with van der Waals surface area (Å²) in [6, 6.07) is 4.35. The van der Waals surface area contributed by atoms with Crippen molar-refractivity contribution in [3.8, 4) is 0 Å². The SMILES string of the molecule is CCN1CCCCC1c1cn2cc(Cl)ccc2n1. The normalized spacial score (nSPS) is 21.6. The molecule has 1 aliphatic rings. The minimum atomic E-state index is 0.474. The van der Waals surface area contributed by atoms with E-state index in [0.717, 1.165) is 17.2 Å². The summed E-state index contributed by atoms with van der Waals surface area (Å²) in [5.74, 6) is 0. The topological polar surface area (TPSA) is 20.5 Å². The van der Waals surface area contributed by atoms with Gasteiger partial charge in [-0.3, -0.25) is 4.90 Å². The van der Waals surface area contributed by atoms with Crippen molar-refractivity contribution in [2.45, 2.75) is 32.2 Å². The standard InChI is InChI=1S/C14H18ClN3/c1-2-17-8-4-3-5-13(17)12-10-18-9-11(15)6-7-14(18)16-12/h6-7,9-10,13H,2-5,8H2,1H3. The Hall–Kier alpha value is -1.06. The molecule has 0 radical (unpaired) electrons. The first-order chi connectivity index (χ1) is 8.78. The Bertz CT molecular complexity index is 549. The van der Waals surface area contributed by atoms with E-state index in [-0.39, 0.29) is 0 Å². The van der Waals surface area contributed by atoms with Gasteiger partial charge in [-0.2, -0.15) is 0 Å². The Morgan fingerprint density at radius 2 is 2.22 bits per heavy atom. The summed E-state index contributed by atoms with van der Waals surface area (Å²) in [7, 11) is 0. The van der Waals surface area contributed by atoms with Crippen molar-refractivity contribution in [2.24, 2.45) is 0 Å². The summed E-state index contributed by atoms with van der Waals surface area (Å²) in [4.78, 5) is 7.26. The van der Waals surface area contributed by atoms with E-state index in [2.05, 4.69) is 18.0 Å². The summed E-state index contributed by atoms with van der Waals surface area (Å²) in [5.41, 5.74) is 2.16. The van der Waals surface area contributed by atoms with E-state index in [1.807, 2.05) is 22.7 Å². The third-order valence-electron chi connectivity index (χ3n) is 3.79. The number of imidazole rings is 1. The monoisotopic (exact) mass is 263 g/mol. The number of pyridine rings is 1. The zero-order chi connectivity index (χ0) is 12.5. The molecule has 18 heavy (non-hydrogen) atoms. The lowest BCUT2D eigenvalue weighted by Gasteiger charge is -2.33. The Morgan fingerprint density at radius 3 is 3.06 bits per heavy atom. The molecule has 0 aliphatic carbocycles. The molecule has 0 N–H and O–H groups in total. The molecule has 0 saturated carbocycles. The van der Waals surface area contributed by atoms with Crippen LogP contribution in [0.15, 0.2) is 24.5 Å². The summed E-state index contributed by atoms with van der Waals surface area (Å²) in [6.07, 6.45) is 7.87. The Kier molecular flexibility index (Phi) is 3.27. The third-order valence-corrected chi connectivity index (χ3v) is 4.02. The number of fused-ring (bicyclic) bond motifs is 1. The lowest BCUT2D eigenvalue weighted by Crippen LogP contribution is -2.33. The molecule has 2 aromatic rings. The zero-order valence-electron chi connectivity index (χ0n) is 10.6. The largest absolute Gasteiger partial charge is 0.305 e. The second-order valence-electron chi connectivity index (χ2n) is 4.92. The van der Waals surface area contributed by atoms with E-state index >= 15 is 0 Å². The molecule has 96 valence electrons. The predicted octanol–water partition coefficient (Wildman–Crippen LogP) is 3.53. The van der Waals surface area contributed by atoms with Crippen LogP contribution in [0.5, 0.6) is 0 Å². The Balaban J connectivity index is 1.97. The highest BCUT2D eigenvalue weighted by Gasteiger charge is 2.24. The van der Waals surface area contributed by atoms with Crippen molar-refractivity contribution in [1.29, 1.82) is 0 Å². The average molecular weight is 264 g/mol. The van der Waals surface area contributed by atoms with Gasteiger partial charge in [-0.25, -0.2) is 4.98 Å². The summed E-state index contributed by atoms with van der Waals surface area (Å²) >= 11 is 6.01. The number of rotatable bonds is 2. The molecule has 0 bridgehead atoms. The lowest BCUT2D eigenvalue weighted by atomic mass is 10.00. The zero-order valence-corrected chi connectivity index (χ0v) is 11.4. The van der Waals surface area contributed by atoms with Gasteiger partial charge in [0.15, 0.2) is 0 Å². The number of likely N-dealkylation sites (tertiary alicyclic amines) is 1. The van der Waals surface area contributed by atoms with Crippen LogP contribution in [0, 0.1) is 0 Å². The number of nitrogens with zero attached hydrogens (tertiary/aromatic N) is 3. The molecular weight excluding hydrogens is 246 g/mol. The van der Waals surface area contributed by atoms with E-state index in [1.54, 1.807) is 0 Å². The van der Waals surface area contributed by atoms with Crippen LogP contribution >= 0.6 is 11.6 Å². The maximum absolute atomic E-state index is 6.01. The van der Waals surface area contributed by atoms with Gasteiger partial charge in [-0.15, -0.1) is 0 Å². The number of halogens is 1. The maximum atomic E-state index is 6.01. The van der Waals surface area contributed by atoms with E-state index in [9.17, 15) is 0 Å². The van der Waals surface area contributed by atoms with Crippen LogP contribution < -0.4 is 0 Å². The molecule has 3 nitrogen and oxygen atoms in total. The van der Waals surface area contributed by atoms with Gasteiger partial charge < -0.3 is 4.40 Å². The molecule has 4 heteroatoms. The van der Waals surface area contributed by atoms with Crippen molar-refractivity contribution in [2.75, 3.05) is 13.1 Å². The van der Waals surface area contributed by atoms with Crippen molar-refractivity contribution in [3.05, 3.63) is 35.2 Å². The second kappa shape index (κ2) is 4.90. The first kappa shape index (κ1) is 12.0. The molecule has 0 spiro atoms. The fourth-order valence-electron chi connectivity index (χ4n) is 2.85. The molecular formula is C14H18ClN3. The van der Waals surface area contributed by atoms with Gasteiger partial charge in [0.1, 0.15) is 5.65 Å². The van der Waals surface area contributed by atoms with Crippen molar-refractivity contribution in [3.63, 3.8) is 0 Å². The molecule has 1 aliphatic heterocycles. The number of hydrogen-bond donors (Lipinski definition) is 0. The van der Waals surface area contributed by atoms with Gasteiger partial charge in [0.2, 0.25) is 0 Å². The smallest absolute Gasteiger partial charge is 0.137 e. The number of hydrogen-bond acceptors (Lipinski definition) is 2. The molecule has 1 unspecified atom stereocenters. The van der Waals surface area contributed by atoms with Crippen LogP contribution in [0.4, 0.5) is 0 Å². The molecule has 0 amide bonds. The maximum Gasteiger partial charge on any atom is 0.137 e. The van der Waals surface area contributed by atoms with Crippen molar-refractivity contribution in [1.82, 2.24) is 14.3 Å². The van der Waals surface area contributed by atoms with Crippen LogP contribution in [0.3, 0.4) is 0 Å². The van der Waals surface area contributed by atoms with Gasteiger partial charge in [0.05, 0.1) is 16.8 Å². The van der Waals surface area contributed by atoms with Crippen molar-refractivity contribution < 1.29 is 0 Å². The van der Waals surface area contributed by atoms with E-state index in [0.29, 0.717) is 6.04 Å². The van der Waals surface area contributed by atoms with E-state index < -0.39 is 0 Å². The summed E-state index contributed by atoms with van der Waals surface area (Å²) < 4.78 is 2.03. The lowest BCUT2D eigenvalue weighted by molar-refractivity contribution is 0.154. The third kappa shape index (κ3) is 2.13. The van der Waals surface area contributed by atoms with Gasteiger partial charge in [0, 0.05) is 12.4 Å². The summed E-state index contributed by atoms with van der Waals surface area (Å²) in [5, 5.41) is 0.752. The number of piperidine rings is 1. The van der Waals surface area contributed by atoms with Crippen LogP contribution in [0.1, 0.15) is 37.9 Å². The molecule has 0 aromatic carbocycles. The quantitative estimate of drug-likeness (QED) is 0.826. The first-order valence-corrected chi connectivity index (χ1v) is 7.04. The highest BCUT2D eigenvalue weighted by Crippen LogP contribution is 2.30. The molecule has 2 aromatic heterocycles. The Morgan fingerprint density at radius 1 is 1.33 bits per heavy atom. The fourth-order valence-corrected chi connectivity index (χ4v) is 3.02. The van der Waals surface area contributed by atoms with Gasteiger partial charge in [-0.1, -0.05) is 24.9 Å². The minimum Gasteiger partial charge on any atom is -0.305 e. The van der Waals surface area contributed by atoms with E-state index in [1.165, 1.54) is 31.5 Å². The minimum absolute atomic E-state index is 0.474. The van der Waals surface area contributed by atoms with Gasteiger partial charge in [0.25, 0.3) is 0 Å². The highest BCUT2D eigenvalue weighted by atomic mass is 35.5. The average Bonchev–Trinajstić information content (AvgIpc) is 2.81. The Labute approximate surface area is 112 Å².